The van der Waals surface area contributed by atoms with Gasteiger partial charge in [0.25, 0.3) is 5.56 Å². The molecule has 4 rings (SSSR count). The topological polar surface area (TPSA) is 65.1 Å². The Morgan fingerprint density at radius 1 is 1.24 bits per heavy atom. The van der Waals surface area contributed by atoms with Crippen LogP contribution in [0.3, 0.4) is 0 Å². The van der Waals surface area contributed by atoms with Crippen molar-refractivity contribution in [1.82, 2.24) is 18.7 Å². The summed E-state index contributed by atoms with van der Waals surface area (Å²) in [7, 11) is 1.59. The van der Waals surface area contributed by atoms with E-state index in [0.29, 0.717) is 30.2 Å². The molecule has 0 spiro atoms. The number of hydrogen-bond acceptors (Lipinski definition) is 4. The van der Waals surface area contributed by atoms with Crippen LogP contribution in [0.15, 0.2) is 46.5 Å². The molecule has 0 saturated carbocycles. The lowest BCUT2D eigenvalue weighted by Crippen LogP contribution is -2.39. The van der Waals surface area contributed by atoms with E-state index in [1.165, 1.54) is 22.8 Å². The smallest absolute Gasteiger partial charge is 0.310 e. The SMILES string of the molecule is C=CCn1c(=O)c2c(nc3n2CCN3c2ccc(F)cc2)n(C)c1=O. The second-order valence-electron chi connectivity index (χ2n) is 5.91. The highest BCUT2D eigenvalue weighted by Gasteiger charge is 2.28. The summed E-state index contributed by atoms with van der Waals surface area (Å²) in [6.45, 7) is 4.92. The Labute approximate surface area is 141 Å². The van der Waals surface area contributed by atoms with Gasteiger partial charge in [0.1, 0.15) is 5.82 Å². The van der Waals surface area contributed by atoms with Crippen molar-refractivity contribution in [2.75, 3.05) is 11.4 Å². The largest absolute Gasteiger partial charge is 0.332 e. The van der Waals surface area contributed by atoms with E-state index in [1.54, 1.807) is 23.7 Å². The molecule has 0 saturated heterocycles. The van der Waals surface area contributed by atoms with Crippen molar-refractivity contribution < 1.29 is 4.39 Å². The first-order valence-electron chi connectivity index (χ1n) is 7.87. The number of benzene rings is 1. The highest BCUT2D eigenvalue weighted by molar-refractivity contribution is 5.77. The molecule has 3 aromatic rings. The fourth-order valence-electron chi connectivity index (χ4n) is 3.23. The van der Waals surface area contributed by atoms with E-state index < -0.39 is 5.69 Å². The van der Waals surface area contributed by atoms with Crippen molar-refractivity contribution in [3.63, 3.8) is 0 Å². The van der Waals surface area contributed by atoms with Crippen LogP contribution in [-0.2, 0) is 20.1 Å². The first-order valence-corrected chi connectivity index (χ1v) is 7.87. The van der Waals surface area contributed by atoms with Gasteiger partial charge in [-0.05, 0) is 24.3 Å². The molecule has 0 fully saturated rings. The Morgan fingerprint density at radius 3 is 2.64 bits per heavy atom. The van der Waals surface area contributed by atoms with E-state index in [2.05, 4.69) is 11.6 Å². The molecule has 128 valence electrons. The standard InChI is InChI=1S/C17H16FN5O2/c1-3-8-23-15(24)13-14(20(2)17(23)25)19-16-21(9-10-22(13)16)12-6-4-11(18)5-7-12/h3-7H,1,8-10H2,2H3. The lowest BCUT2D eigenvalue weighted by molar-refractivity contribution is 0.628. The number of nitrogens with zero attached hydrogens (tertiary/aromatic N) is 5. The van der Waals surface area contributed by atoms with Gasteiger partial charge in [0.15, 0.2) is 11.2 Å². The molecule has 0 amide bonds. The van der Waals surface area contributed by atoms with Crippen LogP contribution in [0.4, 0.5) is 16.0 Å². The number of aryl methyl sites for hydroxylation is 1. The number of anilines is 2. The molecule has 7 nitrogen and oxygen atoms in total. The van der Waals surface area contributed by atoms with Crippen molar-refractivity contribution in [3.05, 3.63) is 63.6 Å². The quantitative estimate of drug-likeness (QED) is 0.675. The Kier molecular flexibility index (Phi) is 3.34. The third kappa shape index (κ3) is 2.14. The third-order valence-electron chi connectivity index (χ3n) is 4.45. The maximum Gasteiger partial charge on any atom is 0.332 e. The minimum absolute atomic E-state index is 0.142. The average Bonchev–Trinajstić information content (AvgIpc) is 3.17. The Morgan fingerprint density at radius 2 is 1.96 bits per heavy atom. The molecule has 0 bridgehead atoms. The molecule has 0 N–H and O–H groups in total. The van der Waals surface area contributed by atoms with Gasteiger partial charge < -0.3 is 9.47 Å². The van der Waals surface area contributed by atoms with Gasteiger partial charge >= 0.3 is 5.69 Å². The van der Waals surface area contributed by atoms with E-state index in [4.69, 9.17) is 0 Å². The number of aromatic nitrogens is 4. The predicted molar refractivity (Wildman–Crippen MR) is 92.8 cm³/mol. The lowest BCUT2D eigenvalue weighted by atomic mass is 10.3. The van der Waals surface area contributed by atoms with Crippen LogP contribution >= 0.6 is 0 Å². The molecule has 8 heteroatoms. The van der Waals surface area contributed by atoms with Gasteiger partial charge in [-0.1, -0.05) is 6.08 Å². The number of fused-ring (bicyclic) bond motifs is 3. The number of hydrogen-bond donors (Lipinski definition) is 0. The highest BCUT2D eigenvalue weighted by atomic mass is 19.1. The molecule has 25 heavy (non-hydrogen) atoms. The van der Waals surface area contributed by atoms with E-state index in [9.17, 15) is 14.0 Å². The van der Waals surface area contributed by atoms with Crippen LogP contribution in [0.2, 0.25) is 0 Å². The summed E-state index contributed by atoms with van der Waals surface area (Å²) in [5.41, 5.74) is 0.716. The normalized spacial score (nSPS) is 13.4. The van der Waals surface area contributed by atoms with Crippen LogP contribution in [0.1, 0.15) is 0 Å². The van der Waals surface area contributed by atoms with Gasteiger partial charge in [0, 0.05) is 32.4 Å². The van der Waals surface area contributed by atoms with E-state index in [0.717, 1.165) is 10.3 Å². The zero-order valence-corrected chi connectivity index (χ0v) is 13.6. The van der Waals surface area contributed by atoms with Gasteiger partial charge in [-0.2, -0.15) is 4.98 Å². The van der Waals surface area contributed by atoms with Gasteiger partial charge in [0.05, 0.1) is 0 Å². The minimum atomic E-state index is -0.428. The molecule has 0 unspecified atom stereocenters. The second kappa shape index (κ2) is 5.44. The van der Waals surface area contributed by atoms with Crippen molar-refractivity contribution in [3.8, 4) is 0 Å². The molecule has 3 heterocycles. The van der Waals surface area contributed by atoms with Crippen LogP contribution in [0.25, 0.3) is 11.2 Å². The second-order valence-corrected chi connectivity index (χ2v) is 5.91. The van der Waals surface area contributed by atoms with Gasteiger partial charge in [-0.25, -0.2) is 9.18 Å². The van der Waals surface area contributed by atoms with Gasteiger partial charge in [-0.3, -0.25) is 13.9 Å². The highest BCUT2D eigenvalue weighted by Crippen LogP contribution is 2.31. The van der Waals surface area contributed by atoms with E-state index in [1.807, 2.05) is 4.90 Å². The summed E-state index contributed by atoms with van der Waals surface area (Å²) in [5, 5.41) is 0. The molecule has 0 radical (unpaired) electrons. The average molecular weight is 341 g/mol. The summed E-state index contributed by atoms with van der Waals surface area (Å²) in [4.78, 5) is 31.6. The number of rotatable bonds is 3. The monoisotopic (exact) mass is 341 g/mol. The van der Waals surface area contributed by atoms with E-state index in [-0.39, 0.29) is 17.9 Å². The first kappa shape index (κ1) is 15.4. The number of allylic oxidation sites excluding steroid dienone is 1. The first-order chi connectivity index (χ1) is 12.0. The summed E-state index contributed by atoms with van der Waals surface area (Å²) in [5.74, 6) is 0.260. The zero-order chi connectivity index (χ0) is 17.7. The molecular formula is C17H16FN5O2. The zero-order valence-electron chi connectivity index (χ0n) is 13.6. The van der Waals surface area contributed by atoms with Gasteiger partial charge in [-0.15, -0.1) is 6.58 Å². The third-order valence-corrected chi connectivity index (χ3v) is 4.45. The predicted octanol–water partition coefficient (Wildman–Crippen LogP) is 1.37. The molecule has 0 atom stereocenters. The number of halogens is 1. The number of imidazole rings is 1. The van der Waals surface area contributed by atoms with Crippen molar-refractivity contribution >= 4 is 22.8 Å². The van der Waals surface area contributed by atoms with Crippen LogP contribution < -0.4 is 16.1 Å². The maximum absolute atomic E-state index is 13.2. The summed E-state index contributed by atoms with van der Waals surface area (Å²) >= 11 is 0. The Bertz CT molecular complexity index is 1110. The summed E-state index contributed by atoms with van der Waals surface area (Å²) in [6.07, 6.45) is 1.51. The van der Waals surface area contributed by atoms with Crippen LogP contribution in [-0.4, -0.2) is 25.2 Å². The fourth-order valence-corrected chi connectivity index (χ4v) is 3.23. The molecular weight excluding hydrogens is 325 g/mol. The molecule has 1 aliphatic rings. The van der Waals surface area contributed by atoms with Crippen molar-refractivity contribution in [1.29, 1.82) is 0 Å². The summed E-state index contributed by atoms with van der Waals surface area (Å²) < 4.78 is 17.5. The maximum atomic E-state index is 13.2. The Hall–Kier alpha value is -3.16. The molecule has 0 aliphatic carbocycles. The van der Waals surface area contributed by atoms with Gasteiger partial charge in [0.2, 0.25) is 5.95 Å². The van der Waals surface area contributed by atoms with Crippen molar-refractivity contribution in [2.24, 2.45) is 7.05 Å². The van der Waals surface area contributed by atoms with Crippen molar-refractivity contribution in [2.45, 2.75) is 13.1 Å². The Balaban J connectivity index is 1.97. The molecule has 2 aromatic heterocycles. The summed E-state index contributed by atoms with van der Waals surface area (Å²) in [6, 6.07) is 6.10. The molecule has 1 aliphatic heterocycles. The van der Waals surface area contributed by atoms with Crippen LogP contribution in [0.5, 0.6) is 0 Å². The van der Waals surface area contributed by atoms with Crippen LogP contribution in [0, 0.1) is 5.82 Å². The molecule has 1 aromatic carbocycles. The minimum Gasteiger partial charge on any atom is -0.310 e. The fraction of sp³-hybridized carbons (Fsp3) is 0.235. The lowest BCUT2D eigenvalue weighted by Gasteiger charge is -2.15. The van der Waals surface area contributed by atoms with E-state index >= 15 is 0 Å².